The molecule has 0 spiro atoms. The van der Waals surface area contributed by atoms with Crippen molar-refractivity contribution in [2.45, 2.75) is 63.9 Å². The standard InChI is InChI=1S/C35H44N4O7S/c1-5-8-26-13-17-31(18-14-26)47(43,44)39-20-19-38(23-32(39)34(41)36-22-27-11-15-28(16-12-27)25(3)4)35(42)37-29-9-7-10-30(21-29)46-24-33(40)45-6-2/h7,9-18,21,25,32H,5-6,8,19-20,22-24H2,1-4H3,(H,36,41)(H,37,42). The Hall–Kier alpha value is -4.42. The topological polar surface area (TPSA) is 134 Å². The van der Waals surface area contributed by atoms with Gasteiger partial charge < -0.3 is 25.0 Å². The number of esters is 1. The van der Waals surface area contributed by atoms with Gasteiger partial charge in [-0.05, 0) is 60.2 Å². The zero-order valence-electron chi connectivity index (χ0n) is 27.4. The molecule has 4 rings (SSSR count). The van der Waals surface area contributed by atoms with Gasteiger partial charge in [-0.15, -0.1) is 0 Å². The summed E-state index contributed by atoms with van der Waals surface area (Å²) in [6, 6.07) is 19.5. The Bertz CT molecular complexity index is 1630. The number of benzene rings is 3. The molecule has 3 aromatic carbocycles. The van der Waals surface area contributed by atoms with Crippen molar-refractivity contribution in [3.05, 3.63) is 89.5 Å². The van der Waals surface area contributed by atoms with Crippen molar-refractivity contribution >= 4 is 33.6 Å². The zero-order chi connectivity index (χ0) is 34.0. The van der Waals surface area contributed by atoms with E-state index in [4.69, 9.17) is 9.47 Å². The van der Waals surface area contributed by atoms with E-state index in [1.54, 1.807) is 55.5 Å². The first-order chi connectivity index (χ1) is 22.5. The second-order valence-corrected chi connectivity index (χ2v) is 13.5. The van der Waals surface area contributed by atoms with E-state index in [0.717, 1.165) is 24.0 Å². The summed E-state index contributed by atoms with van der Waals surface area (Å²) in [5, 5.41) is 5.68. The van der Waals surface area contributed by atoms with Crippen LogP contribution in [0.3, 0.4) is 0 Å². The van der Waals surface area contributed by atoms with E-state index in [9.17, 15) is 22.8 Å². The van der Waals surface area contributed by atoms with Gasteiger partial charge in [-0.25, -0.2) is 18.0 Å². The van der Waals surface area contributed by atoms with E-state index in [2.05, 4.69) is 31.4 Å². The summed E-state index contributed by atoms with van der Waals surface area (Å²) in [6.45, 7) is 7.97. The van der Waals surface area contributed by atoms with Gasteiger partial charge in [-0.2, -0.15) is 4.31 Å². The third-order valence-electron chi connectivity index (χ3n) is 7.85. The van der Waals surface area contributed by atoms with Gasteiger partial charge in [-0.3, -0.25) is 4.79 Å². The summed E-state index contributed by atoms with van der Waals surface area (Å²) >= 11 is 0. The van der Waals surface area contributed by atoms with Crippen LogP contribution in [0.1, 0.15) is 56.7 Å². The van der Waals surface area contributed by atoms with E-state index in [-0.39, 0.29) is 44.3 Å². The normalized spacial score (nSPS) is 15.3. The number of anilines is 1. The molecular formula is C35H44N4O7S. The van der Waals surface area contributed by atoms with Crippen LogP contribution in [0.2, 0.25) is 0 Å². The van der Waals surface area contributed by atoms with Gasteiger partial charge in [-0.1, -0.05) is 69.7 Å². The van der Waals surface area contributed by atoms with Gasteiger partial charge in [0.1, 0.15) is 11.8 Å². The molecule has 1 aliphatic heterocycles. The lowest BCUT2D eigenvalue weighted by atomic mass is 10.0. The number of urea groups is 1. The lowest BCUT2D eigenvalue weighted by molar-refractivity contribution is -0.145. The molecule has 3 aromatic rings. The molecule has 12 heteroatoms. The number of nitrogens with one attached hydrogen (secondary N) is 2. The van der Waals surface area contributed by atoms with E-state index in [1.165, 1.54) is 14.8 Å². The smallest absolute Gasteiger partial charge is 0.344 e. The van der Waals surface area contributed by atoms with Crippen molar-refractivity contribution in [2.24, 2.45) is 0 Å². The summed E-state index contributed by atoms with van der Waals surface area (Å²) in [5.41, 5.74) is 3.48. The van der Waals surface area contributed by atoms with Crippen molar-refractivity contribution in [1.82, 2.24) is 14.5 Å². The number of sulfonamides is 1. The fourth-order valence-electron chi connectivity index (χ4n) is 5.24. The highest BCUT2D eigenvalue weighted by atomic mass is 32.2. The molecule has 0 bridgehead atoms. The maximum atomic E-state index is 13.9. The number of rotatable bonds is 13. The van der Waals surface area contributed by atoms with Crippen LogP contribution >= 0.6 is 0 Å². The average molecular weight is 665 g/mol. The van der Waals surface area contributed by atoms with Gasteiger partial charge in [0.25, 0.3) is 0 Å². The van der Waals surface area contributed by atoms with E-state index in [0.29, 0.717) is 17.4 Å². The third kappa shape index (κ3) is 9.55. The third-order valence-corrected chi connectivity index (χ3v) is 9.77. The minimum atomic E-state index is -4.06. The highest BCUT2D eigenvalue weighted by molar-refractivity contribution is 7.89. The highest BCUT2D eigenvalue weighted by Crippen LogP contribution is 2.24. The fourth-order valence-corrected chi connectivity index (χ4v) is 6.81. The van der Waals surface area contributed by atoms with Gasteiger partial charge in [0.15, 0.2) is 6.61 Å². The van der Waals surface area contributed by atoms with Crippen molar-refractivity contribution in [3.8, 4) is 5.75 Å². The Morgan fingerprint density at radius 2 is 1.64 bits per heavy atom. The van der Waals surface area contributed by atoms with Gasteiger partial charge in [0, 0.05) is 37.9 Å². The molecule has 1 aliphatic rings. The Labute approximate surface area is 277 Å². The summed E-state index contributed by atoms with van der Waals surface area (Å²) in [4.78, 5) is 40.3. The van der Waals surface area contributed by atoms with Crippen molar-refractivity contribution in [3.63, 3.8) is 0 Å². The number of amides is 3. The number of carbonyl (C=O) groups excluding carboxylic acids is 3. The van der Waals surface area contributed by atoms with Crippen molar-refractivity contribution in [2.75, 3.05) is 38.2 Å². The highest BCUT2D eigenvalue weighted by Gasteiger charge is 2.41. The number of carbonyl (C=O) groups is 3. The van der Waals surface area contributed by atoms with Crippen molar-refractivity contribution < 1.29 is 32.3 Å². The number of nitrogens with zero attached hydrogens (tertiary/aromatic N) is 2. The summed E-state index contributed by atoms with van der Waals surface area (Å²) < 4.78 is 39.3. The zero-order valence-corrected chi connectivity index (χ0v) is 28.2. The van der Waals surface area contributed by atoms with E-state index in [1.807, 2.05) is 24.3 Å². The number of aryl methyl sites for hydroxylation is 1. The monoisotopic (exact) mass is 664 g/mol. The first kappa shape index (κ1) is 35.4. The number of hydrogen-bond donors (Lipinski definition) is 2. The lowest BCUT2D eigenvalue weighted by Gasteiger charge is -2.39. The second kappa shape index (κ2) is 16.4. The molecule has 1 unspecified atom stereocenters. The van der Waals surface area contributed by atoms with Crippen molar-refractivity contribution in [1.29, 1.82) is 0 Å². The maximum Gasteiger partial charge on any atom is 0.344 e. The summed E-state index contributed by atoms with van der Waals surface area (Å²) in [5.74, 6) is -0.289. The molecule has 1 fully saturated rings. The SMILES string of the molecule is CCCc1ccc(S(=O)(=O)N2CCN(C(=O)Nc3cccc(OCC(=O)OCC)c3)CC2C(=O)NCc2ccc(C(C)C)cc2)cc1. The van der Waals surface area contributed by atoms with Crippen LogP contribution in [-0.2, 0) is 37.3 Å². The molecule has 47 heavy (non-hydrogen) atoms. The van der Waals surface area contributed by atoms with Gasteiger partial charge in [0.2, 0.25) is 15.9 Å². The molecule has 1 saturated heterocycles. The second-order valence-electron chi connectivity index (χ2n) is 11.6. The number of ether oxygens (including phenoxy) is 2. The van der Waals surface area contributed by atoms with Crippen LogP contribution in [0.5, 0.6) is 5.75 Å². The van der Waals surface area contributed by atoms with Crippen LogP contribution in [0.25, 0.3) is 0 Å². The molecule has 2 N–H and O–H groups in total. The molecule has 252 valence electrons. The van der Waals surface area contributed by atoms with E-state index >= 15 is 0 Å². The van der Waals surface area contributed by atoms with Crippen LogP contribution in [0, 0.1) is 0 Å². The lowest BCUT2D eigenvalue weighted by Crippen LogP contribution is -2.61. The molecule has 11 nitrogen and oxygen atoms in total. The van der Waals surface area contributed by atoms with Crippen LogP contribution in [0.15, 0.2) is 77.7 Å². The first-order valence-corrected chi connectivity index (χ1v) is 17.4. The summed E-state index contributed by atoms with van der Waals surface area (Å²) in [7, 11) is -4.06. The average Bonchev–Trinajstić information content (AvgIpc) is 3.07. The minimum absolute atomic E-state index is 0.0679. The Kier molecular flexibility index (Phi) is 12.4. The van der Waals surface area contributed by atoms with E-state index < -0.39 is 34.0 Å². The number of hydrogen-bond acceptors (Lipinski definition) is 7. The Morgan fingerprint density at radius 1 is 0.936 bits per heavy atom. The predicted molar refractivity (Wildman–Crippen MR) is 180 cm³/mol. The first-order valence-electron chi connectivity index (χ1n) is 15.9. The Morgan fingerprint density at radius 3 is 2.30 bits per heavy atom. The predicted octanol–water partition coefficient (Wildman–Crippen LogP) is 4.93. The van der Waals surface area contributed by atoms with Gasteiger partial charge in [0.05, 0.1) is 11.5 Å². The fraction of sp³-hybridized carbons (Fsp3) is 0.400. The minimum Gasteiger partial charge on any atom is -0.482 e. The quantitative estimate of drug-likeness (QED) is 0.248. The van der Waals surface area contributed by atoms with Crippen LogP contribution in [0.4, 0.5) is 10.5 Å². The molecule has 0 aromatic heterocycles. The van der Waals surface area contributed by atoms with Crippen LogP contribution < -0.4 is 15.4 Å². The molecular weight excluding hydrogens is 620 g/mol. The molecule has 0 saturated carbocycles. The summed E-state index contributed by atoms with van der Waals surface area (Å²) in [6.07, 6.45) is 1.77. The maximum absolute atomic E-state index is 13.9. The molecule has 0 radical (unpaired) electrons. The van der Waals surface area contributed by atoms with Gasteiger partial charge >= 0.3 is 12.0 Å². The molecule has 1 atom stereocenters. The molecule has 1 heterocycles. The largest absolute Gasteiger partial charge is 0.482 e. The van der Waals surface area contributed by atoms with Crippen LogP contribution in [-0.4, -0.2) is 74.4 Å². The molecule has 3 amide bonds. The molecule has 0 aliphatic carbocycles. The number of piperazine rings is 1. The Balaban J connectivity index is 1.51.